The summed E-state index contributed by atoms with van der Waals surface area (Å²) in [5.41, 5.74) is -1.28. The number of guanidine groups is 1. The number of carbonyl (C=O) groups is 1. The maximum atomic E-state index is 12.7. The molecular formula is C28H34Cl3N5O4Si. The second-order valence-corrected chi connectivity index (χ2v) is 18.2. The minimum atomic E-state index is -2.95. The van der Waals surface area contributed by atoms with Gasteiger partial charge in [0, 0.05) is 0 Å². The van der Waals surface area contributed by atoms with Crippen LogP contribution in [-0.2, 0) is 9.22 Å². The van der Waals surface area contributed by atoms with Gasteiger partial charge in [-0.15, -0.1) is 0 Å². The highest BCUT2D eigenvalue weighted by atomic mass is 35.6. The number of nitrogens with zero attached hydrogens (tertiary/aromatic N) is 2. The van der Waals surface area contributed by atoms with Gasteiger partial charge in [-0.05, 0) is 15.4 Å². The Labute approximate surface area is 255 Å². The summed E-state index contributed by atoms with van der Waals surface area (Å²) >= 11 is 17.5. The Bertz CT molecular complexity index is 1300. The molecule has 0 radical (unpaired) electrons. The number of hydrogen-bond donors (Lipinski definition) is 5. The quantitative estimate of drug-likeness (QED) is 0.248. The van der Waals surface area contributed by atoms with Crippen LogP contribution in [0.15, 0.2) is 78.1 Å². The number of carbonyl (C=O) groups excluding carboxylic acids is 1. The molecular weight excluding hydrogens is 605 g/mol. The third-order valence-electron chi connectivity index (χ3n) is 8.11. The van der Waals surface area contributed by atoms with E-state index in [4.69, 9.17) is 39.2 Å². The fourth-order valence-corrected chi connectivity index (χ4v) is 11.1. The van der Waals surface area contributed by atoms with E-state index >= 15 is 0 Å². The van der Waals surface area contributed by atoms with E-state index in [9.17, 15) is 15.0 Å². The summed E-state index contributed by atoms with van der Waals surface area (Å²) in [6, 6.07) is 19.3. The number of rotatable bonds is 5. The molecule has 220 valence electrons. The lowest BCUT2D eigenvalue weighted by molar-refractivity contribution is -0.117. The first-order valence-corrected chi connectivity index (χ1v) is 16.3. The van der Waals surface area contributed by atoms with Gasteiger partial charge in [-0.2, -0.15) is 4.99 Å². The number of alkyl halides is 3. The number of aliphatic hydroxyl groups is 2. The Kier molecular flexibility index (Phi) is 7.91. The molecule has 0 aromatic heterocycles. The van der Waals surface area contributed by atoms with Crippen LogP contribution < -0.4 is 26.3 Å². The van der Waals surface area contributed by atoms with Crippen molar-refractivity contribution >= 4 is 65.4 Å². The highest BCUT2D eigenvalue weighted by molar-refractivity contribution is 6.99. The fourth-order valence-electron chi connectivity index (χ4n) is 6.40. The molecule has 0 bridgehead atoms. The van der Waals surface area contributed by atoms with Crippen LogP contribution >= 0.6 is 34.8 Å². The van der Waals surface area contributed by atoms with E-state index in [2.05, 4.69) is 72.6 Å². The Morgan fingerprint density at radius 1 is 1.07 bits per heavy atom. The molecule has 3 aliphatic rings. The van der Waals surface area contributed by atoms with Gasteiger partial charge in [0.1, 0.15) is 12.2 Å². The summed E-state index contributed by atoms with van der Waals surface area (Å²) in [5, 5.41) is 33.8. The summed E-state index contributed by atoms with van der Waals surface area (Å²) in [5.74, 6) is -0.515. The van der Waals surface area contributed by atoms with Crippen molar-refractivity contribution in [3.8, 4) is 0 Å². The van der Waals surface area contributed by atoms with Crippen LogP contribution in [0.3, 0.4) is 0 Å². The largest absolute Gasteiger partial charge is 0.405 e. The molecule has 13 heteroatoms. The molecule has 3 heterocycles. The molecule has 41 heavy (non-hydrogen) atoms. The number of aliphatic imine (C=N–C) groups is 1. The first-order valence-electron chi connectivity index (χ1n) is 13.3. The first-order chi connectivity index (χ1) is 19.2. The van der Waals surface area contributed by atoms with Crippen LogP contribution in [0.5, 0.6) is 0 Å². The molecule has 2 aromatic rings. The molecule has 3 saturated heterocycles. The lowest BCUT2D eigenvalue weighted by Crippen LogP contribution is -2.78. The zero-order chi connectivity index (χ0) is 29.8. The van der Waals surface area contributed by atoms with E-state index in [0.717, 1.165) is 10.4 Å². The van der Waals surface area contributed by atoms with Crippen LogP contribution in [0, 0.1) is 0 Å². The van der Waals surface area contributed by atoms with Gasteiger partial charge < -0.3 is 35.5 Å². The topological polar surface area (TPSA) is 118 Å². The minimum Gasteiger partial charge on any atom is -0.405 e. The smallest absolute Gasteiger partial charge is 0.300 e. The molecule has 2 aromatic carbocycles. The summed E-state index contributed by atoms with van der Waals surface area (Å²) < 4.78 is 4.89. The van der Waals surface area contributed by atoms with E-state index in [0.29, 0.717) is 5.82 Å². The van der Waals surface area contributed by atoms with E-state index < -0.39 is 48.0 Å². The third kappa shape index (κ3) is 5.03. The van der Waals surface area contributed by atoms with Gasteiger partial charge in [-0.1, -0.05) is 123 Å². The number of nitrogens with one attached hydrogen (secondary N) is 3. The summed E-state index contributed by atoms with van der Waals surface area (Å²) in [4.78, 5) is 18.4. The predicted octanol–water partition coefficient (Wildman–Crippen LogP) is 1.55. The Hall–Kier alpha value is -2.31. The van der Waals surface area contributed by atoms with Gasteiger partial charge in [-0.25, -0.2) is 0 Å². The predicted molar refractivity (Wildman–Crippen MR) is 164 cm³/mol. The van der Waals surface area contributed by atoms with Gasteiger partial charge in [0.05, 0.1) is 31.1 Å². The van der Waals surface area contributed by atoms with Crippen LogP contribution in [-0.4, -0.2) is 82.2 Å². The van der Waals surface area contributed by atoms with Crippen LogP contribution in [0.25, 0.3) is 0 Å². The molecule has 1 unspecified atom stereocenters. The van der Waals surface area contributed by atoms with Crippen molar-refractivity contribution in [2.45, 2.75) is 59.6 Å². The number of hydrogen-bond acceptors (Lipinski definition) is 6. The highest BCUT2D eigenvalue weighted by Gasteiger charge is 2.66. The van der Waals surface area contributed by atoms with Crippen molar-refractivity contribution < 1.29 is 19.4 Å². The second-order valence-electron chi connectivity index (χ2n) is 11.6. The van der Waals surface area contributed by atoms with Gasteiger partial charge in [0.2, 0.25) is 5.96 Å². The average Bonchev–Trinajstić information content (AvgIpc) is 3.40. The zero-order valence-corrected chi connectivity index (χ0v) is 26.2. The van der Waals surface area contributed by atoms with E-state index in [1.54, 1.807) is 4.90 Å². The molecule has 9 nitrogen and oxygen atoms in total. The SMILES string of the molecule is C=C1N[C@H]2[C@H](CO[Si](c3ccccc3)(c3ccccc3)C(C)(C)C)N/C(=N/C(=O)C(Cl)(Cl)Cl)N3C[C@H](O)[C@H](O)C23N1. The number of amides is 1. The van der Waals surface area contributed by atoms with E-state index in [-0.39, 0.29) is 24.1 Å². The Morgan fingerprint density at radius 2 is 1.63 bits per heavy atom. The normalized spacial score (nSPS) is 28.9. The van der Waals surface area contributed by atoms with Crippen molar-refractivity contribution in [3.63, 3.8) is 0 Å². The Balaban J connectivity index is 1.60. The molecule has 3 fully saturated rings. The summed E-state index contributed by atoms with van der Waals surface area (Å²) in [7, 11) is -2.95. The monoisotopic (exact) mass is 637 g/mol. The minimum absolute atomic E-state index is 0.0269. The van der Waals surface area contributed by atoms with Crippen LogP contribution in [0.2, 0.25) is 5.04 Å². The van der Waals surface area contributed by atoms with Crippen LogP contribution in [0.4, 0.5) is 0 Å². The molecule has 5 atom stereocenters. The number of aliphatic hydroxyl groups excluding tert-OH is 2. The lowest BCUT2D eigenvalue weighted by Gasteiger charge is -2.51. The molecule has 5 rings (SSSR count). The van der Waals surface area contributed by atoms with Gasteiger partial charge in [0.25, 0.3) is 12.1 Å². The van der Waals surface area contributed by atoms with Gasteiger partial charge in [-0.3, -0.25) is 4.79 Å². The molecule has 1 amide bonds. The first kappa shape index (κ1) is 30.2. The number of halogens is 3. The van der Waals surface area contributed by atoms with E-state index in [1.807, 2.05) is 36.4 Å². The third-order valence-corrected chi connectivity index (χ3v) is 13.6. The lowest BCUT2D eigenvalue weighted by atomic mass is 9.88. The van der Waals surface area contributed by atoms with Crippen molar-refractivity contribution in [1.29, 1.82) is 0 Å². The molecule has 1 spiro atoms. The highest BCUT2D eigenvalue weighted by Crippen LogP contribution is 2.41. The second kappa shape index (κ2) is 10.8. The Morgan fingerprint density at radius 3 is 2.15 bits per heavy atom. The maximum absolute atomic E-state index is 12.7. The van der Waals surface area contributed by atoms with E-state index in [1.165, 1.54) is 0 Å². The summed E-state index contributed by atoms with van der Waals surface area (Å²) in [6.45, 7) is 10.7. The molecule has 5 N–H and O–H groups in total. The maximum Gasteiger partial charge on any atom is 0.300 e. The molecule has 0 saturated carbocycles. The van der Waals surface area contributed by atoms with Crippen LogP contribution in [0.1, 0.15) is 20.8 Å². The van der Waals surface area contributed by atoms with Crippen molar-refractivity contribution in [1.82, 2.24) is 20.9 Å². The van der Waals surface area contributed by atoms with Gasteiger partial charge in [0.15, 0.2) is 5.66 Å². The summed E-state index contributed by atoms with van der Waals surface area (Å²) in [6.07, 6.45) is -2.41. The van der Waals surface area contributed by atoms with Crippen molar-refractivity contribution in [2.75, 3.05) is 13.2 Å². The van der Waals surface area contributed by atoms with Crippen molar-refractivity contribution in [2.24, 2.45) is 4.99 Å². The average molecular weight is 639 g/mol. The number of benzene rings is 2. The molecule has 0 aliphatic carbocycles. The van der Waals surface area contributed by atoms with Gasteiger partial charge >= 0.3 is 5.91 Å². The standard InChI is InChI=1S/C28H34Cl3N5O4Si/c1-17-32-22-20(33-25(34-24(39)28(29,30)31)36-15-21(37)23(38)27(22,36)35-17)16-40-41(26(2,3)4,18-11-7-5-8-12-18)19-13-9-6-10-14-19/h5-14,20-23,32,35,37-38H,1,15-16H2,2-4H3,(H,33,34,39)/t20-,21-,22-,23-,27?/m0/s1. The molecule has 3 aliphatic heterocycles. The fraction of sp³-hybridized carbons (Fsp3) is 0.429. The van der Waals surface area contributed by atoms with Crippen molar-refractivity contribution in [3.05, 3.63) is 73.1 Å². The zero-order valence-electron chi connectivity index (χ0n) is 22.9.